The van der Waals surface area contributed by atoms with Crippen LogP contribution in [0.1, 0.15) is 38.5 Å². The van der Waals surface area contributed by atoms with E-state index in [1.165, 1.54) is 0 Å². The maximum Gasteiger partial charge on any atom is 0.0800 e. The summed E-state index contributed by atoms with van der Waals surface area (Å²) in [6.45, 7) is 3.82. The van der Waals surface area contributed by atoms with E-state index in [9.17, 15) is 5.26 Å². The highest BCUT2D eigenvalue weighted by molar-refractivity contribution is 5.60. The minimum atomic E-state index is -0.242. The van der Waals surface area contributed by atoms with E-state index in [1.54, 1.807) is 0 Å². The van der Waals surface area contributed by atoms with Crippen molar-refractivity contribution in [3.05, 3.63) is 12.2 Å². The summed E-state index contributed by atoms with van der Waals surface area (Å²) in [6, 6.07) is 3.45. The van der Waals surface area contributed by atoms with Gasteiger partial charge in [-0.3, -0.25) is 9.89 Å². The van der Waals surface area contributed by atoms with Crippen molar-refractivity contribution in [1.29, 1.82) is 5.26 Å². The van der Waals surface area contributed by atoms with Crippen LogP contribution in [0.3, 0.4) is 0 Å². The van der Waals surface area contributed by atoms with Crippen LogP contribution in [-0.2, 0) is 4.74 Å². The van der Waals surface area contributed by atoms with Crippen LogP contribution in [0.4, 0.5) is 0 Å². The summed E-state index contributed by atoms with van der Waals surface area (Å²) in [5.74, 6) is 0. The molecule has 0 bridgehead atoms. The van der Waals surface area contributed by atoms with E-state index in [-0.39, 0.29) is 11.5 Å². The minimum absolute atomic E-state index is 0.159. The third kappa shape index (κ3) is 3.20. The lowest BCUT2D eigenvalue weighted by atomic mass is 9.68. The summed E-state index contributed by atoms with van der Waals surface area (Å²) in [7, 11) is 0. The van der Waals surface area contributed by atoms with Crippen LogP contribution in [0, 0.1) is 16.7 Å². The van der Waals surface area contributed by atoms with Crippen LogP contribution in [0.25, 0.3) is 0 Å². The van der Waals surface area contributed by atoms with Gasteiger partial charge in [0, 0.05) is 31.8 Å². The number of hydrogen-bond acceptors (Lipinski definition) is 4. The van der Waals surface area contributed by atoms with E-state index in [0.717, 1.165) is 64.8 Å². The van der Waals surface area contributed by atoms with Gasteiger partial charge in [0.2, 0.25) is 0 Å². The lowest BCUT2D eigenvalue weighted by molar-refractivity contribution is -0.000744. The molecule has 1 aliphatic carbocycles. The van der Waals surface area contributed by atoms with Crippen molar-refractivity contribution in [2.75, 3.05) is 26.3 Å². The van der Waals surface area contributed by atoms with Gasteiger partial charge in [-0.1, -0.05) is 12.2 Å². The number of morpholine rings is 1. The molecule has 2 fully saturated rings. The first-order chi connectivity index (χ1) is 10.3. The Kier molecular flexibility index (Phi) is 4.72. The van der Waals surface area contributed by atoms with Crippen LogP contribution >= 0.6 is 0 Å². The summed E-state index contributed by atoms with van der Waals surface area (Å²) in [4.78, 5) is 7.24. The summed E-state index contributed by atoms with van der Waals surface area (Å²) >= 11 is 0. The molecule has 0 radical (unpaired) electrons. The summed E-state index contributed by atoms with van der Waals surface area (Å²) in [5, 5.41) is 9.80. The Morgan fingerprint density at radius 3 is 2.67 bits per heavy atom. The SMILES string of the molecule is N#CC1(C2CC=CCC=N2)CCC(N2CCOCC2)CC1. The van der Waals surface area contributed by atoms with E-state index in [2.05, 4.69) is 28.1 Å². The summed E-state index contributed by atoms with van der Waals surface area (Å²) in [6.07, 6.45) is 12.4. The molecule has 2 heterocycles. The molecule has 0 aromatic carbocycles. The third-order valence-corrected chi connectivity index (χ3v) is 5.32. The van der Waals surface area contributed by atoms with Crippen LogP contribution in [0.15, 0.2) is 17.1 Å². The predicted octanol–water partition coefficient (Wildman–Crippen LogP) is 2.56. The third-order valence-electron chi connectivity index (χ3n) is 5.32. The number of nitriles is 1. The minimum Gasteiger partial charge on any atom is -0.379 e. The second-order valence-corrected chi connectivity index (χ2v) is 6.44. The maximum atomic E-state index is 9.80. The number of hydrogen-bond donors (Lipinski definition) is 0. The average Bonchev–Trinajstić information content (AvgIpc) is 2.85. The Morgan fingerprint density at radius 2 is 1.95 bits per heavy atom. The van der Waals surface area contributed by atoms with E-state index < -0.39 is 0 Å². The van der Waals surface area contributed by atoms with Gasteiger partial charge in [-0.15, -0.1) is 0 Å². The summed E-state index contributed by atoms with van der Waals surface area (Å²) < 4.78 is 5.44. The van der Waals surface area contributed by atoms with E-state index >= 15 is 0 Å². The van der Waals surface area contributed by atoms with E-state index in [1.807, 2.05) is 6.21 Å². The molecule has 1 atom stereocenters. The van der Waals surface area contributed by atoms with Crippen molar-refractivity contribution in [2.45, 2.75) is 50.6 Å². The van der Waals surface area contributed by atoms with Crippen molar-refractivity contribution in [1.82, 2.24) is 4.90 Å². The lowest BCUT2D eigenvalue weighted by Gasteiger charge is -2.43. The number of rotatable bonds is 2. The molecule has 1 unspecified atom stereocenters. The molecule has 3 aliphatic rings. The molecular formula is C17H25N3O. The second-order valence-electron chi connectivity index (χ2n) is 6.44. The largest absolute Gasteiger partial charge is 0.379 e. The van der Waals surface area contributed by atoms with Gasteiger partial charge in [-0.2, -0.15) is 5.26 Å². The van der Waals surface area contributed by atoms with Gasteiger partial charge in [0.05, 0.1) is 30.7 Å². The van der Waals surface area contributed by atoms with Gasteiger partial charge in [0.1, 0.15) is 0 Å². The molecular weight excluding hydrogens is 262 g/mol. The van der Waals surface area contributed by atoms with Crippen molar-refractivity contribution >= 4 is 6.21 Å². The first-order valence-corrected chi connectivity index (χ1v) is 8.24. The smallest absolute Gasteiger partial charge is 0.0800 e. The fraction of sp³-hybridized carbons (Fsp3) is 0.765. The standard InChI is InChI=1S/C17H25N3O/c18-14-17(16-4-2-1-3-9-19-16)7-5-15(6-8-17)20-10-12-21-13-11-20/h1-2,9,15-16H,3-8,10-13H2. The average molecular weight is 287 g/mol. The van der Waals surface area contributed by atoms with Gasteiger partial charge >= 0.3 is 0 Å². The van der Waals surface area contributed by atoms with Gasteiger partial charge < -0.3 is 4.74 Å². The van der Waals surface area contributed by atoms with Gasteiger partial charge in [0.15, 0.2) is 0 Å². The zero-order chi connectivity index (χ0) is 14.5. The summed E-state index contributed by atoms with van der Waals surface area (Å²) in [5.41, 5.74) is -0.242. The lowest BCUT2D eigenvalue weighted by Crippen LogP contribution is -2.48. The Bertz CT molecular complexity index is 437. The van der Waals surface area contributed by atoms with Crippen molar-refractivity contribution in [2.24, 2.45) is 10.4 Å². The Morgan fingerprint density at radius 1 is 1.19 bits per heavy atom. The van der Waals surface area contributed by atoms with Crippen LogP contribution in [-0.4, -0.2) is 49.5 Å². The highest BCUT2D eigenvalue weighted by atomic mass is 16.5. The number of nitrogens with zero attached hydrogens (tertiary/aromatic N) is 3. The fourth-order valence-electron chi connectivity index (χ4n) is 3.94. The first kappa shape index (κ1) is 14.7. The molecule has 1 saturated carbocycles. The molecule has 0 aromatic rings. The molecule has 4 nitrogen and oxygen atoms in total. The number of allylic oxidation sites excluding steroid dienone is 1. The van der Waals surface area contributed by atoms with Gasteiger partial charge in [-0.25, -0.2) is 0 Å². The maximum absolute atomic E-state index is 9.80. The Hall–Kier alpha value is -1.18. The zero-order valence-corrected chi connectivity index (χ0v) is 12.7. The molecule has 21 heavy (non-hydrogen) atoms. The predicted molar refractivity (Wildman–Crippen MR) is 83.3 cm³/mol. The fourth-order valence-corrected chi connectivity index (χ4v) is 3.94. The second kappa shape index (κ2) is 6.72. The molecule has 2 aliphatic heterocycles. The monoisotopic (exact) mass is 287 g/mol. The Balaban J connectivity index is 1.64. The molecule has 1 saturated heterocycles. The molecule has 4 heteroatoms. The zero-order valence-electron chi connectivity index (χ0n) is 12.7. The molecule has 0 spiro atoms. The Labute approximate surface area is 127 Å². The quantitative estimate of drug-likeness (QED) is 0.733. The number of ether oxygens (including phenoxy) is 1. The number of aliphatic imine (C=N–C) groups is 1. The van der Waals surface area contributed by atoms with Crippen molar-refractivity contribution in [3.8, 4) is 6.07 Å². The highest BCUT2D eigenvalue weighted by Crippen LogP contribution is 2.43. The van der Waals surface area contributed by atoms with Crippen LogP contribution in [0.2, 0.25) is 0 Å². The molecule has 114 valence electrons. The molecule has 0 N–H and O–H groups in total. The molecule has 3 rings (SSSR count). The first-order valence-electron chi connectivity index (χ1n) is 8.24. The molecule has 0 aromatic heterocycles. The van der Waals surface area contributed by atoms with Crippen molar-refractivity contribution < 1.29 is 4.74 Å². The van der Waals surface area contributed by atoms with Crippen molar-refractivity contribution in [3.63, 3.8) is 0 Å². The van der Waals surface area contributed by atoms with E-state index in [4.69, 9.17) is 4.74 Å². The van der Waals surface area contributed by atoms with Crippen LogP contribution < -0.4 is 0 Å². The highest BCUT2D eigenvalue weighted by Gasteiger charge is 2.43. The van der Waals surface area contributed by atoms with E-state index in [0.29, 0.717) is 6.04 Å². The van der Waals surface area contributed by atoms with Gasteiger partial charge in [-0.05, 0) is 32.1 Å². The molecule has 0 amide bonds. The topological polar surface area (TPSA) is 48.6 Å². The van der Waals surface area contributed by atoms with Crippen LogP contribution in [0.5, 0.6) is 0 Å². The normalized spacial score (nSPS) is 37.9. The van der Waals surface area contributed by atoms with Gasteiger partial charge in [0.25, 0.3) is 0 Å².